The lowest BCUT2D eigenvalue weighted by atomic mass is 9.92. The summed E-state index contributed by atoms with van der Waals surface area (Å²) >= 11 is 6.32. The van der Waals surface area contributed by atoms with Crippen molar-refractivity contribution in [3.05, 3.63) is 16.4 Å². The smallest absolute Gasteiger partial charge is 0.131 e. The Labute approximate surface area is 126 Å². The predicted molar refractivity (Wildman–Crippen MR) is 80.9 cm³/mol. The molecule has 0 radical (unpaired) electrons. The Morgan fingerprint density at radius 2 is 1.90 bits per heavy atom. The molecule has 0 aliphatic rings. The highest BCUT2D eigenvalue weighted by Gasteiger charge is 2.26. The summed E-state index contributed by atoms with van der Waals surface area (Å²) in [4.78, 5) is 2.06. The number of aliphatic hydroxyl groups is 2. The third-order valence-electron chi connectivity index (χ3n) is 3.49. The molecule has 20 heavy (non-hydrogen) atoms. The molecule has 0 bridgehead atoms. The van der Waals surface area contributed by atoms with Gasteiger partial charge in [-0.3, -0.25) is 4.68 Å². The molecular formula is C14H26ClN3O2. The van der Waals surface area contributed by atoms with Crippen LogP contribution in [0, 0.1) is 5.41 Å². The first-order valence-electron chi connectivity index (χ1n) is 6.85. The van der Waals surface area contributed by atoms with E-state index in [2.05, 4.69) is 23.8 Å². The van der Waals surface area contributed by atoms with Crippen LogP contribution >= 0.6 is 11.6 Å². The molecule has 0 aliphatic heterocycles. The van der Waals surface area contributed by atoms with Crippen LogP contribution in [0.5, 0.6) is 0 Å². The quantitative estimate of drug-likeness (QED) is 0.803. The summed E-state index contributed by atoms with van der Waals surface area (Å²) < 4.78 is 1.69. The van der Waals surface area contributed by atoms with Crippen molar-refractivity contribution in [2.45, 2.75) is 33.2 Å². The molecule has 1 aromatic rings. The molecule has 1 heterocycles. The summed E-state index contributed by atoms with van der Waals surface area (Å²) in [6.45, 7) is 7.18. The van der Waals surface area contributed by atoms with Crippen LogP contribution in [-0.2, 0) is 13.6 Å². The van der Waals surface area contributed by atoms with Gasteiger partial charge in [0.1, 0.15) is 5.15 Å². The molecule has 0 unspecified atom stereocenters. The van der Waals surface area contributed by atoms with Crippen molar-refractivity contribution in [3.8, 4) is 0 Å². The van der Waals surface area contributed by atoms with E-state index in [1.807, 2.05) is 21.0 Å². The van der Waals surface area contributed by atoms with Crippen molar-refractivity contribution in [1.82, 2.24) is 14.7 Å². The van der Waals surface area contributed by atoms with Gasteiger partial charge < -0.3 is 15.1 Å². The number of aliphatic hydroxyl groups excluding tert-OH is 2. The van der Waals surface area contributed by atoms with Gasteiger partial charge in [0.2, 0.25) is 0 Å². The molecule has 0 saturated carbocycles. The second-order valence-corrected chi connectivity index (χ2v) is 6.59. The van der Waals surface area contributed by atoms with Gasteiger partial charge in [-0.15, -0.1) is 0 Å². The topological polar surface area (TPSA) is 61.5 Å². The van der Waals surface area contributed by atoms with Crippen LogP contribution in [0.1, 0.15) is 37.9 Å². The highest BCUT2D eigenvalue weighted by Crippen LogP contribution is 2.27. The Hall–Kier alpha value is -0.620. The van der Waals surface area contributed by atoms with Gasteiger partial charge in [-0.05, 0) is 13.0 Å². The highest BCUT2D eigenvalue weighted by atomic mass is 35.5. The van der Waals surface area contributed by atoms with Gasteiger partial charge in [-0.1, -0.05) is 32.4 Å². The van der Waals surface area contributed by atoms with E-state index >= 15 is 0 Å². The van der Waals surface area contributed by atoms with Gasteiger partial charge in [-0.2, -0.15) is 5.10 Å². The van der Waals surface area contributed by atoms with E-state index in [1.165, 1.54) is 0 Å². The number of nitrogens with zero attached hydrogens (tertiary/aromatic N) is 3. The van der Waals surface area contributed by atoms with Crippen LogP contribution < -0.4 is 0 Å². The summed E-state index contributed by atoms with van der Waals surface area (Å²) in [7, 11) is 3.79. The van der Waals surface area contributed by atoms with Crippen LogP contribution in [0.3, 0.4) is 0 Å². The average molecular weight is 304 g/mol. The Bertz CT molecular complexity index is 442. The molecule has 0 aliphatic carbocycles. The molecule has 0 atom stereocenters. The van der Waals surface area contributed by atoms with E-state index in [4.69, 9.17) is 11.6 Å². The minimum atomic E-state index is -0.512. The number of rotatable bonds is 7. The van der Waals surface area contributed by atoms with Crippen LogP contribution in [0.2, 0.25) is 5.15 Å². The van der Waals surface area contributed by atoms with Gasteiger partial charge in [0.15, 0.2) is 0 Å². The maximum atomic E-state index is 9.37. The standard InChI is InChI=1S/C14H26ClN3O2/c1-10(2)12-11(13(15)18(5)16-12)6-17(4)7-14(3,8-19)9-20/h10,19-20H,6-9H2,1-5H3. The van der Waals surface area contributed by atoms with Crippen LogP contribution in [-0.4, -0.2) is 51.7 Å². The first-order valence-corrected chi connectivity index (χ1v) is 7.23. The maximum absolute atomic E-state index is 9.37. The Balaban J connectivity index is 2.88. The van der Waals surface area contributed by atoms with E-state index in [0.29, 0.717) is 24.2 Å². The minimum absolute atomic E-state index is 0.0500. The molecule has 1 aromatic heterocycles. The molecule has 0 fully saturated rings. The largest absolute Gasteiger partial charge is 0.396 e. The number of hydrogen-bond donors (Lipinski definition) is 2. The molecular weight excluding hydrogens is 278 g/mol. The van der Waals surface area contributed by atoms with Crippen molar-refractivity contribution in [1.29, 1.82) is 0 Å². The first-order chi connectivity index (χ1) is 9.24. The van der Waals surface area contributed by atoms with E-state index in [-0.39, 0.29) is 13.2 Å². The van der Waals surface area contributed by atoms with Crippen LogP contribution in [0.4, 0.5) is 0 Å². The van der Waals surface area contributed by atoms with E-state index in [0.717, 1.165) is 11.3 Å². The second kappa shape index (κ2) is 6.89. The summed E-state index contributed by atoms with van der Waals surface area (Å²) in [6, 6.07) is 0. The summed E-state index contributed by atoms with van der Waals surface area (Å²) in [6.07, 6.45) is 0. The molecule has 2 N–H and O–H groups in total. The van der Waals surface area contributed by atoms with Gasteiger partial charge in [0, 0.05) is 31.1 Å². The van der Waals surface area contributed by atoms with Crippen molar-refractivity contribution in [2.75, 3.05) is 26.8 Å². The SMILES string of the molecule is CC(C)c1nn(C)c(Cl)c1CN(C)CC(C)(CO)CO. The van der Waals surface area contributed by atoms with E-state index in [9.17, 15) is 10.2 Å². The summed E-state index contributed by atoms with van der Waals surface area (Å²) in [5.41, 5.74) is 1.51. The van der Waals surface area contributed by atoms with Crippen molar-refractivity contribution >= 4 is 11.6 Å². The molecule has 0 saturated heterocycles. The average Bonchev–Trinajstić information content (AvgIpc) is 2.67. The van der Waals surface area contributed by atoms with Gasteiger partial charge in [-0.25, -0.2) is 0 Å². The molecule has 1 rings (SSSR count). The Morgan fingerprint density at radius 1 is 1.35 bits per heavy atom. The monoisotopic (exact) mass is 303 g/mol. The molecule has 116 valence electrons. The third-order valence-corrected chi connectivity index (χ3v) is 3.96. The normalized spacial score (nSPS) is 12.7. The van der Waals surface area contributed by atoms with Crippen molar-refractivity contribution < 1.29 is 10.2 Å². The Kier molecular flexibility index (Phi) is 6.01. The minimum Gasteiger partial charge on any atom is -0.396 e. The molecule has 0 aromatic carbocycles. The zero-order valence-corrected chi connectivity index (χ0v) is 13.8. The van der Waals surface area contributed by atoms with Gasteiger partial charge >= 0.3 is 0 Å². The molecule has 6 heteroatoms. The fourth-order valence-electron chi connectivity index (χ4n) is 2.30. The lowest BCUT2D eigenvalue weighted by molar-refractivity contribution is 0.0401. The second-order valence-electron chi connectivity index (χ2n) is 6.23. The summed E-state index contributed by atoms with van der Waals surface area (Å²) in [5, 5.41) is 23.9. The zero-order valence-electron chi connectivity index (χ0n) is 13.0. The van der Waals surface area contributed by atoms with Gasteiger partial charge in [0.05, 0.1) is 18.9 Å². The summed E-state index contributed by atoms with van der Waals surface area (Å²) in [5.74, 6) is 0.305. The molecule has 0 amide bonds. The number of aryl methyl sites for hydroxylation is 1. The Morgan fingerprint density at radius 3 is 2.35 bits per heavy atom. The molecule has 5 nitrogen and oxygen atoms in total. The zero-order chi connectivity index (χ0) is 15.5. The number of aromatic nitrogens is 2. The highest BCUT2D eigenvalue weighted by molar-refractivity contribution is 6.30. The van der Waals surface area contributed by atoms with Crippen LogP contribution in [0.25, 0.3) is 0 Å². The van der Waals surface area contributed by atoms with Crippen molar-refractivity contribution in [2.24, 2.45) is 12.5 Å². The van der Waals surface area contributed by atoms with E-state index in [1.54, 1.807) is 4.68 Å². The fraction of sp³-hybridized carbons (Fsp3) is 0.786. The van der Waals surface area contributed by atoms with Crippen molar-refractivity contribution in [3.63, 3.8) is 0 Å². The van der Waals surface area contributed by atoms with Gasteiger partial charge in [0.25, 0.3) is 0 Å². The lowest BCUT2D eigenvalue weighted by Gasteiger charge is -2.30. The first kappa shape index (κ1) is 17.4. The predicted octanol–water partition coefficient (Wildman–Crippen LogP) is 1.62. The van der Waals surface area contributed by atoms with Crippen LogP contribution in [0.15, 0.2) is 0 Å². The van der Waals surface area contributed by atoms with E-state index < -0.39 is 5.41 Å². The lowest BCUT2D eigenvalue weighted by Crippen LogP contribution is -2.38. The number of hydrogen-bond acceptors (Lipinski definition) is 4. The fourth-order valence-corrected chi connectivity index (χ4v) is 2.50. The number of halogens is 1. The molecule has 0 spiro atoms. The third kappa shape index (κ3) is 3.95. The maximum Gasteiger partial charge on any atom is 0.131 e.